The van der Waals surface area contributed by atoms with Crippen LogP contribution >= 0.6 is 0 Å². The van der Waals surface area contributed by atoms with Gasteiger partial charge in [0.1, 0.15) is 6.10 Å². The number of rotatable bonds is 3. The Balaban J connectivity index is 1.77. The molecule has 114 valence electrons. The number of nitrogens with zero attached hydrogens (tertiary/aromatic N) is 1. The third-order valence-electron chi connectivity index (χ3n) is 4.21. The summed E-state index contributed by atoms with van der Waals surface area (Å²) in [7, 11) is 0. The van der Waals surface area contributed by atoms with E-state index in [2.05, 4.69) is 10.2 Å². The second kappa shape index (κ2) is 5.54. The van der Waals surface area contributed by atoms with Gasteiger partial charge in [-0.2, -0.15) is 0 Å². The molecule has 21 heavy (non-hydrogen) atoms. The Morgan fingerprint density at radius 2 is 2.33 bits per heavy atom. The van der Waals surface area contributed by atoms with E-state index >= 15 is 0 Å². The first-order chi connectivity index (χ1) is 10.1. The lowest BCUT2D eigenvalue weighted by molar-refractivity contribution is -0.121. The summed E-state index contributed by atoms with van der Waals surface area (Å²) in [5.41, 5.74) is 2.01. The number of amides is 1. The Kier molecular flexibility index (Phi) is 3.74. The highest BCUT2D eigenvalue weighted by Gasteiger charge is 2.31. The van der Waals surface area contributed by atoms with Crippen molar-refractivity contribution in [1.82, 2.24) is 5.32 Å². The number of carbonyl (C=O) groups excluding carboxylic acids is 1. The minimum atomic E-state index is -0.284. The van der Waals surface area contributed by atoms with Gasteiger partial charge in [0.25, 0.3) is 0 Å². The second-order valence-corrected chi connectivity index (χ2v) is 5.86. The Morgan fingerprint density at radius 1 is 1.52 bits per heavy atom. The first-order valence-electron chi connectivity index (χ1n) is 7.60. The van der Waals surface area contributed by atoms with Crippen LogP contribution in [-0.4, -0.2) is 31.1 Å². The van der Waals surface area contributed by atoms with E-state index in [9.17, 15) is 9.18 Å². The molecule has 4 nitrogen and oxygen atoms in total. The first-order valence-corrected chi connectivity index (χ1v) is 7.60. The van der Waals surface area contributed by atoms with Gasteiger partial charge < -0.3 is 15.0 Å². The average molecular weight is 292 g/mol. The van der Waals surface area contributed by atoms with Crippen LogP contribution in [0.25, 0.3) is 0 Å². The van der Waals surface area contributed by atoms with Crippen LogP contribution in [0.4, 0.5) is 10.1 Å². The molecule has 1 N–H and O–H groups in total. The van der Waals surface area contributed by atoms with Gasteiger partial charge in [-0.3, -0.25) is 4.79 Å². The van der Waals surface area contributed by atoms with Gasteiger partial charge in [-0.25, -0.2) is 4.39 Å². The van der Waals surface area contributed by atoms with Crippen molar-refractivity contribution >= 4 is 11.6 Å². The molecular weight excluding hydrogens is 271 g/mol. The number of carbonyl (C=O) groups is 1. The summed E-state index contributed by atoms with van der Waals surface area (Å²) in [6.07, 6.45) is 2.20. The summed E-state index contributed by atoms with van der Waals surface area (Å²) in [5.74, 6) is 0.206. The van der Waals surface area contributed by atoms with Crippen molar-refractivity contribution in [3.05, 3.63) is 23.5 Å². The molecule has 0 aliphatic carbocycles. The largest absolute Gasteiger partial charge is 0.487 e. The Bertz CT molecular complexity index is 561. The van der Waals surface area contributed by atoms with Crippen LogP contribution in [-0.2, 0) is 11.2 Å². The maximum Gasteiger partial charge on any atom is 0.219 e. The molecule has 0 spiro atoms. The number of fused-ring (bicyclic) bond motifs is 1. The fraction of sp³-hybridized carbons (Fsp3) is 0.562. The number of hydrogen-bond donors (Lipinski definition) is 1. The van der Waals surface area contributed by atoms with E-state index in [1.54, 1.807) is 0 Å². The maximum absolute atomic E-state index is 13.8. The molecule has 2 aliphatic heterocycles. The van der Waals surface area contributed by atoms with Gasteiger partial charge in [0.15, 0.2) is 11.6 Å². The van der Waals surface area contributed by atoms with Crippen molar-refractivity contribution in [1.29, 1.82) is 0 Å². The van der Waals surface area contributed by atoms with E-state index in [4.69, 9.17) is 4.74 Å². The van der Waals surface area contributed by atoms with Crippen molar-refractivity contribution in [2.75, 3.05) is 18.0 Å². The molecule has 0 bridgehead atoms. The predicted octanol–water partition coefficient (Wildman–Crippen LogP) is 2.25. The molecule has 0 saturated carbocycles. The van der Waals surface area contributed by atoms with Crippen molar-refractivity contribution in [3.8, 4) is 5.75 Å². The average Bonchev–Trinajstić information content (AvgIpc) is 3.06. The molecule has 2 heterocycles. The predicted molar refractivity (Wildman–Crippen MR) is 79.2 cm³/mol. The first kappa shape index (κ1) is 14.2. The third-order valence-corrected chi connectivity index (χ3v) is 4.21. The highest BCUT2D eigenvalue weighted by molar-refractivity contribution is 5.76. The molecule has 1 amide bonds. The normalized spacial score (nSPS) is 23.9. The lowest BCUT2D eigenvalue weighted by Gasteiger charge is -2.21. The van der Waals surface area contributed by atoms with E-state index in [1.807, 2.05) is 19.9 Å². The maximum atomic E-state index is 13.8. The monoisotopic (exact) mass is 292 g/mol. The van der Waals surface area contributed by atoms with Gasteiger partial charge in [0, 0.05) is 43.2 Å². The van der Waals surface area contributed by atoms with Gasteiger partial charge >= 0.3 is 0 Å². The lowest BCUT2D eigenvalue weighted by Crippen LogP contribution is -2.36. The van der Waals surface area contributed by atoms with Crippen LogP contribution in [0.15, 0.2) is 12.1 Å². The summed E-state index contributed by atoms with van der Waals surface area (Å²) in [4.78, 5) is 13.7. The highest BCUT2D eigenvalue weighted by atomic mass is 19.1. The zero-order valence-electron chi connectivity index (χ0n) is 12.5. The molecule has 0 radical (unpaired) electrons. The van der Waals surface area contributed by atoms with Gasteiger partial charge in [0.05, 0.1) is 0 Å². The zero-order chi connectivity index (χ0) is 15.0. The highest BCUT2D eigenvalue weighted by Crippen LogP contribution is 2.39. The molecule has 1 fully saturated rings. The van der Waals surface area contributed by atoms with Gasteiger partial charge in [0.2, 0.25) is 5.91 Å². The third kappa shape index (κ3) is 2.69. The summed E-state index contributed by atoms with van der Waals surface area (Å²) < 4.78 is 19.4. The van der Waals surface area contributed by atoms with E-state index in [-0.39, 0.29) is 23.9 Å². The molecule has 3 rings (SSSR count). The fourth-order valence-electron chi connectivity index (χ4n) is 3.17. The van der Waals surface area contributed by atoms with Crippen LogP contribution in [0.2, 0.25) is 0 Å². The van der Waals surface area contributed by atoms with E-state index in [1.165, 1.54) is 6.07 Å². The summed E-state index contributed by atoms with van der Waals surface area (Å²) in [6.45, 7) is 5.46. The van der Waals surface area contributed by atoms with Crippen LogP contribution in [0, 0.1) is 5.82 Å². The number of hydrogen-bond acceptors (Lipinski definition) is 3. The quantitative estimate of drug-likeness (QED) is 0.929. The second-order valence-electron chi connectivity index (χ2n) is 5.86. The topological polar surface area (TPSA) is 41.6 Å². The minimum absolute atomic E-state index is 0.0221. The minimum Gasteiger partial charge on any atom is -0.487 e. The molecule has 2 atom stereocenters. The Hall–Kier alpha value is -1.78. The fourth-order valence-corrected chi connectivity index (χ4v) is 3.17. The molecule has 1 aromatic rings. The molecule has 2 aliphatic rings. The number of nitrogens with one attached hydrogen (secondary N) is 1. The van der Waals surface area contributed by atoms with Crippen LogP contribution in [0.5, 0.6) is 5.75 Å². The van der Waals surface area contributed by atoms with Crippen molar-refractivity contribution in [2.24, 2.45) is 0 Å². The SMILES string of the molecule is CCC(=O)N[C@H]1CCN(c2ccc(F)c3c2CC(C)O3)C1. The summed E-state index contributed by atoms with van der Waals surface area (Å²) >= 11 is 0. The molecule has 1 saturated heterocycles. The van der Waals surface area contributed by atoms with Gasteiger partial charge in [-0.15, -0.1) is 0 Å². The summed E-state index contributed by atoms with van der Waals surface area (Å²) in [6, 6.07) is 3.49. The van der Waals surface area contributed by atoms with E-state index < -0.39 is 0 Å². The number of anilines is 1. The lowest BCUT2D eigenvalue weighted by atomic mass is 10.1. The zero-order valence-corrected chi connectivity index (χ0v) is 12.5. The van der Waals surface area contributed by atoms with E-state index in [0.717, 1.165) is 37.2 Å². The van der Waals surface area contributed by atoms with Crippen molar-refractivity contribution in [3.63, 3.8) is 0 Å². The standard InChI is InChI=1S/C16H21FN2O2/c1-3-15(20)18-11-6-7-19(9-11)14-5-4-13(17)16-12(14)8-10(2)21-16/h4-5,10-11H,3,6-9H2,1-2H3,(H,18,20)/t10?,11-/m0/s1. The Labute approximate surface area is 124 Å². The summed E-state index contributed by atoms with van der Waals surface area (Å²) in [5, 5.41) is 3.03. The van der Waals surface area contributed by atoms with Crippen LogP contribution in [0.3, 0.4) is 0 Å². The number of halogens is 1. The van der Waals surface area contributed by atoms with Crippen molar-refractivity contribution < 1.29 is 13.9 Å². The van der Waals surface area contributed by atoms with Gasteiger partial charge in [-0.05, 0) is 25.5 Å². The smallest absolute Gasteiger partial charge is 0.219 e. The molecule has 1 unspecified atom stereocenters. The van der Waals surface area contributed by atoms with Crippen LogP contribution in [0.1, 0.15) is 32.3 Å². The number of benzene rings is 1. The van der Waals surface area contributed by atoms with Crippen molar-refractivity contribution in [2.45, 2.75) is 45.3 Å². The molecule has 0 aromatic heterocycles. The number of ether oxygens (including phenoxy) is 1. The molecule has 1 aromatic carbocycles. The van der Waals surface area contributed by atoms with E-state index in [0.29, 0.717) is 12.2 Å². The van der Waals surface area contributed by atoms with Gasteiger partial charge in [-0.1, -0.05) is 6.92 Å². The molecule has 5 heteroatoms. The van der Waals surface area contributed by atoms with Crippen LogP contribution < -0.4 is 15.0 Å². The molecular formula is C16H21FN2O2. The Morgan fingerprint density at radius 3 is 3.10 bits per heavy atom.